The Morgan fingerprint density at radius 1 is 0.884 bits per heavy atom. The molecule has 0 saturated carbocycles. The highest BCUT2D eigenvalue weighted by molar-refractivity contribution is 7.97. The van der Waals surface area contributed by atoms with Crippen molar-refractivity contribution in [3.63, 3.8) is 0 Å². The SMILES string of the molecule is CC(Oc1ccc([S+](c2ccc(C(C)(C)C)cc2)c2ccc(C3(C)OCC(C)(CO)CO3)cc2)cc1)C(F)(F)S(=O)(=O)O. The summed E-state index contributed by atoms with van der Waals surface area (Å²) in [6, 6.07) is 22.8. The summed E-state index contributed by atoms with van der Waals surface area (Å²) in [5, 5.41) is 5.19. The molecule has 7 nitrogen and oxygen atoms in total. The van der Waals surface area contributed by atoms with Gasteiger partial charge in [0.15, 0.2) is 26.6 Å². The van der Waals surface area contributed by atoms with Crippen molar-refractivity contribution in [1.82, 2.24) is 0 Å². The number of aliphatic hydroxyl groups excluding tert-OH is 1. The van der Waals surface area contributed by atoms with Gasteiger partial charge in [-0.15, -0.1) is 0 Å². The van der Waals surface area contributed by atoms with Crippen molar-refractivity contribution in [3.8, 4) is 5.75 Å². The average Bonchev–Trinajstić information content (AvgIpc) is 2.95. The van der Waals surface area contributed by atoms with Crippen molar-refractivity contribution >= 4 is 21.0 Å². The first-order valence-electron chi connectivity index (χ1n) is 13.8. The molecule has 1 aliphatic heterocycles. The van der Waals surface area contributed by atoms with Gasteiger partial charge in [0.2, 0.25) is 0 Å². The van der Waals surface area contributed by atoms with Crippen molar-refractivity contribution in [2.75, 3.05) is 19.8 Å². The predicted octanol–water partition coefficient (Wildman–Crippen LogP) is 6.55. The molecule has 11 heteroatoms. The maximum atomic E-state index is 14.0. The Balaban J connectivity index is 1.66. The standard InChI is InChI=1S/C32H38F2O7S2/c1-22(32(33,34)43(36,37)38)41-25-11-17-28(18-12-25)42(26-13-7-23(8-14-26)29(2,3)4)27-15-9-24(10-16-27)31(6)39-20-30(5,19-35)21-40-31/h7-18,22,35H,19-21H2,1-6H3/p+1. The molecule has 3 aromatic rings. The quantitative estimate of drug-likeness (QED) is 0.203. The second kappa shape index (κ2) is 12.1. The van der Waals surface area contributed by atoms with Crippen LogP contribution in [0.25, 0.3) is 0 Å². The largest absolute Gasteiger partial charge is 0.483 e. The molecule has 3 aromatic carbocycles. The molecule has 1 saturated heterocycles. The number of hydrogen-bond acceptors (Lipinski definition) is 6. The lowest BCUT2D eigenvalue weighted by atomic mass is 9.87. The summed E-state index contributed by atoms with van der Waals surface area (Å²) < 4.78 is 76.5. The Bertz CT molecular complexity index is 1490. The van der Waals surface area contributed by atoms with Gasteiger partial charge in [-0.25, -0.2) is 0 Å². The van der Waals surface area contributed by atoms with E-state index >= 15 is 0 Å². The molecule has 1 heterocycles. The number of ether oxygens (including phenoxy) is 3. The van der Waals surface area contributed by atoms with E-state index in [2.05, 4.69) is 45.0 Å². The Hall–Kier alpha value is -2.54. The first-order chi connectivity index (χ1) is 19.9. The van der Waals surface area contributed by atoms with Crippen LogP contribution < -0.4 is 4.74 Å². The Morgan fingerprint density at radius 2 is 1.33 bits per heavy atom. The predicted molar refractivity (Wildman–Crippen MR) is 161 cm³/mol. The van der Waals surface area contributed by atoms with E-state index in [1.165, 1.54) is 17.7 Å². The first kappa shape index (κ1) is 33.4. The summed E-state index contributed by atoms with van der Waals surface area (Å²) in [7, 11) is -6.24. The fourth-order valence-corrected chi connectivity index (χ4v) is 7.00. The van der Waals surface area contributed by atoms with Gasteiger partial charge < -0.3 is 19.3 Å². The molecule has 0 radical (unpaired) electrons. The van der Waals surface area contributed by atoms with Crippen LogP contribution >= 0.6 is 0 Å². The van der Waals surface area contributed by atoms with Crippen molar-refractivity contribution in [3.05, 3.63) is 83.9 Å². The van der Waals surface area contributed by atoms with Gasteiger partial charge >= 0.3 is 15.4 Å². The van der Waals surface area contributed by atoms with Crippen LogP contribution in [0.3, 0.4) is 0 Å². The number of benzene rings is 3. The highest BCUT2D eigenvalue weighted by Gasteiger charge is 2.51. The van der Waals surface area contributed by atoms with Crippen LogP contribution in [0.5, 0.6) is 5.75 Å². The molecule has 2 unspecified atom stereocenters. The van der Waals surface area contributed by atoms with E-state index in [1.807, 2.05) is 38.1 Å². The Kier molecular flexibility index (Phi) is 9.38. The number of rotatable bonds is 9. The Labute approximate surface area is 255 Å². The van der Waals surface area contributed by atoms with Crippen molar-refractivity contribution < 1.29 is 41.1 Å². The smallest absolute Gasteiger partial charge is 0.405 e. The summed E-state index contributed by atoms with van der Waals surface area (Å²) >= 11 is 0. The summed E-state index contributed by atoms with van der Waals surface area (Å²) in [5.74, 6) is -0.920. The van der Waals surface area contributed by atoms with Crippen molar-refractivity contribution in [2.24, 2.45) is 5.41 Å². The molecule has 43 heavy (non-hydrogen) atoms. The molecule has 0 aliphatic carbocycles. The molecular weight excluding hydrogens is 598 g/mol. The number of aliphatic hydroxyl groups is 1. The minimum Gasteiger partial charge on any atom is -0.483 e. The molecule has 2 atom stereocenters. The summed E-state index contributed by atoms with van der Waals surface area (Å²) in [6.45, 7) is 11.8. The molecule has 0 aromatic heterocycles. The van der Waals surface area contributed by atoms with Gasteiger partial charge in [0, 0.05) is 11.0 Å². The molecule has 1 aliphatic rings. The van der Waals surface area contributed by atoms with E-state index in [0.29, 0.717) is 13.2 Å². The van der Waals surface area contributed by atoms with Crippen molar-refractivity contribution in [2.45, 2.75) is 78.8 Å². The maximum Gasteiger partial charge on any atom is 0.405 e. The fraction of sp³-hybridized carbons (Fsp3) is 0.438. The second-order valence-electron chi connectivity index (χ2n) is 12.4. The van der Waals surface area contributed by atoms with Crippen LogP contribution in [0.2, 0.25) is 0 Å². The van der Waals surface area contributed by atoms with Crippen LogP contribution in [0.15, 0.2) is 87.5 Å². The molecule has 0 amide bonds. The lowest BCUT2D eigenvalue weighted by Gasteiger charge is -2.42. The normalized spacial score (nSPS) is 23.0. The van der Waals surface area contributed by atoms with Gasteiger partial charge in [-0.2, -0.15) is 17.2 Å². The van der Waals surface area contributed by atoms with E-state index < -0.39 is 43.6 Å². The molecule has 1 fully saturated rings. The maximum absolute atomic E-state index is 14.0. The number of hydrogen-bond donors (Lipinski definition) is 2. The van der Waals surface area contributed by atoms with Gasteiger partial charge in [0.25, 0.3) is 0 Å². The summed E-state index contributed by atoms with van der Waals surface area (Å²) in [5.41, 5.74) is 1.53. The van der Waals surface area contributed by atoms with Crippen LogP contribution in [0.1, 0.15) is 52.7 Å². The monoisotopic (exact) mass is 637 g/mol. The first-order valence-corrected chi connectivity index (χ1v) is 16.5. The van der Waals surface area contributed by atoms with Gasteiger partial charge in [-0.3, -0.25) is 4.55 Å². The van der Waals surface area contributed by atoms with Crippen LogP contribution in [0, 0.1) is 5.41 Å². The minimum atomic E-state index is -5.64. The zero-order valence-electron chi connectivity index (χ0n) is 25.1. The lowest BCUT2D eigenvalue weighted by Crippen LogP contribution is -2.46. The van der Waals surface area contributed by atoms with Gasteiger partial charge in [0.1, 0.15) is 5.75 Å². The number of alkyl halides is 2. The molecule has 234 valence electrons. The van der Waals surface area contributed by atoms with E-state index in [4.69, 9.17) is 18.8 Å². The minimum absolute atomic E-state index is 0.0277. The molecule has 0 spiro atoms. The topological polar surface area (TPSA) is 102 Å². The Morgan fingerprint density at radius 3 is 1.74 bits per heavy atom. The van der Waals surface area contributed by atoms with E-state index in [1.54, 1.807) is 12.1 Å². The third-order valence-corrected chi connectivity index (χ3v) is 10.8. The molecule has 2 N–H and O–H groups in total. The summed E-state index contributed by atoms with van der Waals surface area (Å²) in [6.07, 6.45) is -2.11. The van der Waals surface area contributed by atoms with Gasteiger partial charge in [0.05, 0.1) is 30.7 Å². The van der Waals surface area contributed by atoms with Crippen molar-refractivity contribution in [1.29, 1.82) is 0 Å². The van der Waals surface area contributed by atoms with E-state index in [0.717, 1.165) is 27.2 Å². The second-order valence-corrected chi connectivity index (χ2v) is 15.9. The average molecular weight is 638 g/mol. The zero-order chi connectivity index (χ0) is 31.8. The lowest BCUT2D eigenvalue weighted by molar-refractivity contribution is -0.304. The van der Waals surface area contributed by atoms with Crippen LogP contribution in [0.4, 0.5) is 8.78 Å². The summed E-state index contributed by atoms with van der Waals surface area (Å²) in [4.78, 5) is 2.91. The zero-order valence-corrected chi connectivity index (χ0v) is 26.8. The van der Waals surface area contributed by atoms with Gasteiger partial charge in [-0.1, -0.05) is 39.8 Å². The third kappa shape index (κ3) is 7.24. The fourth-order valence-electron chi connectivity index (χ4n) is 4.49. The highest BCUT2D eigenvalue weighted by Crippen LogP contribution is 2.39. The highest BCUT2D eigenvalue weighted by atomic mass is 32.2. The van der Waals surface area contributed by atoms with Gasteiger partial charge in [-0.05, 0) is 85.5 Å². The molecule has 4 rings (SSSR count). The molecule has 0 bridgehead atoms. The van der Waals surface area contributed by atoms with Crippen LogP contribution in [-0.4, -0.2) is 49.3 Å². The third-order valence-electron chi connectivity index (χ3n) is 7.53. The van der Waals surface area contributed by atoms with E-state index in [9.17, 15) is 22.3 Å². The van der Waals surface area contributed by atoms with Crippen LogP contribution in [-0.2, 0) is 41.7 Å². The molecular formula is C32H39F2O7S2+. The van der Waals surface area contributed by atoms with E-state index in [-0.39, 0.29) is 17.8 Å². The number of halogens is 2.